The molecule has 0 aliphatic rings. The van der Waals surface area contributed by atoms with Crippen LogP contribution >= 0.6 is 22.6 Å². The van der Waals surface area contributed by atoms with Crippen LogP contribution in [-0.2, 0) is 6.42 Å². The number of halogens is 2. The highest BCUT2D eigenvalue weighted by Gasteiger charge is 2.06. The summed E-state index contributed by atoms with van der Waals surface area (Å²) in [4.78, 5) is 0. The zero-order valence-corrected chi connectivity index (χ0v) is 11.3. The van der Waals surface area contributed by atoms with Gasteiger partial charge in [0.05, 0.1) is 17.6 Å². The molecule has 0 fully saturated rings. The molecule has 0 saturated carbocycles. The van der Waals surface area contributed by atoms with Gasteiger partial charge in [-0.25, -0.2) is 9.07 Å². The van der Waals surface area contributed by atoms with E-state index in [-0.39, 0.29) is 5.82 Å². The van der Waals surface area contributed by atoms with Crippen molar-refractivity contribution in [2.45, 2.75) is 12.8 Å². The summed E-state index contributed by atoms with van der Waals surface area (Å²) < 4.78 is 15.4. The van der Waals surface area contributed by atoms with Gasteiger partial charge < -0.3 is 5.73 Å². The molecule has 2 aromatic rings. The molecule has 4 nitrogen and oxygen atoms in total. The Labute approximate surface area is 112 Å². The van der Waals surface area contributed by atoms with Crippen LogP contribution in [0.2, 0.25) is 0 Å². The Balaban J connectivity index is 2.24. The minimum absolute atomic E-state index is 0.248. The average Bonchev–Trinajstić information content (AvgIpc) is 2.75. The molecule has 0 atom stereocenters. The number of hydrogen-bond donors (Lipinski definition) is 1. The first-order valence-electron chi connectivity index (χ1n) is 5.27. The number of hydrogen-bond acceptors (Lipinski definition) is 3. The van der Waals surface area contributed by atoms with Gasteiger partial charge in [0.25, 0.3) is 0 Å². The van der Waals surface area contributed by atoms with E-state index in [9.17, 15) is 4.39 Å². The lowest BCUT2D eigenvalue weighted by Gasteiger charge is -2.02. The predicted molar refractivity (Wildman–Crippen MR) is 71.4 cm³/mol. The summed E-state index contributed by atoms with van der Waals surface area (Å²) in [6, 6.07) is 4.58. The summed E-state index contributed by atoms with van der Waals surface area (Å²) >= 11 is 2.08. The second-order valence-electron chi connectivity index (χ2n) is 3.64. The van der Waals surface area contributed by atoms with Gasteiger partial charge >= 0.3 is 0 Å². The summed E-state index contributed by atoms with van der Waals surface area (Å²) in [7, 11) is 0. The SMILES string of the molecule is NCCCc1cn(-c2ccc(F)cc2I)nn1. The van der Waals surface area contributed by atoms with E-state index in [2.05, 4.69) is 32.9 Å². The van der Waals surface area contributed by atoms with Crippen molar-refractivity contribution >= 4 is 22.6 Å². The van der Waals surface area contributed by atoms with E-state index in [0.29, 0.717) is 6.54 Å². The highest BCUT2D eigenvalue weighted by atomic mass is 127. The Morgan fingerprint density at radius 3 is 2.94 bits per heavy atom. The van der Waals surface area contributed by atoms with Gasteiger partial charge in [-0.1, -0.05) is 5.21 Å². The summed E-state index contributed by atoms with van der Waals surface area (Å²) in [5.41, 5.74) is 7.17. The smallest absolute Gasteiger partial charge is 0.124 e. The quantitative estimate of drug-likeness (QED) is 0.861. The largest absolute Gasteiger partial charge is 0.330 e. The van der Waals surface area contributed by atoms with Crippen molar-refractivity contribution in [1.29, 1.82) is 0 Å². The van der Waals surface area contributed by atoms with Gasteiger partial charge in [-0.05, 0) is 60.2 Å². The molecule has 1 aromatic carbocycles. The Morgan fingerprint density at radius 1 is 1.41 bits per heavy atom. The third-order valence-corrected chi connectivity index (χ3v) is 3.20. The molecular weight excluding hydrogens is 334 g/mol. The van der Waals surface area contributed by atoms with Crippen LogP contribution in [0.1, 0.15) is 12.1 Å². The molecule has 2 rings (SSSR count). The van der Waals surface area contributed by atoms with Crippen LogP contribution in [0.25, 0.3) is 5.69 Å². The Kier molecular flexibility index (Phi) is 4.06. The van der Waals surface area contributed by atoms with Crippen LogP contribution in [-0.4, -0.2) is 21.5 Å². The van der Waals surface area contributed by atoms with Gasteiger partial charge in [0.1, 0.15) is 5.82 Å². The van der Waals surface area contributed by atoms with Crippen LogP contribution in [0.15, 0.2) is 24.4 Å². The molecule has 0 saturated heterocycles. The van der Waals surface area contributed by atoms with Crippen molar-refractivity contribution in [3.8, 4) is 5.69 Å². The standard InChI is InChI=1S/C11H12FIN4/c12-8-3-4-11(10(13)6-8)17-7-9(15-16-17)2-1-5-14/h3-4,6-7H,1-2,5,14H2. The maximum Gasteiger partial charge on any atom is 0.124 e. The molecular formula is C11H12FIN4. The van der Waals surface area contributed by atoms with Gasteiger partial charge in [-0.3, -0.25) is 0 Å². The molecule has 0 aliphatic heterocycles. The molecule has 0 bridgehead atoms. The van der Waals surface area contributed by atoms with E-state index in [4.69, 9.17) is 5.73 Å². The second kappa shape index (κ2) is 5.54. The second-order valence-corrected chi connectivity index (χ2v) is 4.80. The van der Waals surface area contributed by atoms with E-state index < -0.39 is 0 Å². The first kappa shape index (κ1) is 12.4. The fourth-order valence-corrected chi connectivity index (χ4v) is 2.21. The number of aromatic nitrogens is 3. The van der Waals surface area contributed by atoms with E-state index in [1.807, 2.05) is 6.20 Å². The fraction of sp³-hybridized carbons (Fsp3) is 0.273. The Bertz CT molecular complexity index is 512. The van der Waals surface area contributed by atoms with Crippen molar-refractivity contribution in [3.63, 3.8) is 0 Å². The van der Waals surface area contributed by atoms with Gasteiger partial charge in [-0.2, -0.15) is 0 Å². The Morgan fingerprint density at radius 2 is 2.24 bits per heavy atom. The summed E-state index contributed by atoms with van der Waals surface area (Å²) in [6.45, 7) is 0.640. The van der Waals surface area contributed by atoms with Gasteiger partial charge in [0.2, 0.25) is 0 Å². The van der Waals surface area contributed by atoms with Crippen molar-refractivity contribution in [2.24, 2.45) is 5.73 Å². The minimum atomic E-state index is -0.248. The number of benzene rings is 1. The van der Waals surface area contributed by atoms with Crippen molar-refractivity contribution < 1.29 is 4.39 Å². The maximum absolute atomic E-state index is 13.0. The highest BCUT2D eigenvalue weighted by molar-refractivity contribution is 14.1. The molecule has 0 unspecified atom stereocenters. The molecule has 90 valence electrons. The summed E-state index contributed by atoms with van der Waals surface area (Å²) in [6.07, 6.45) is 3.55. The molecule has 1 heterocycles. The fourth-order valence-electron chi connectivity index (χ4n) is 1.48. The summed E-state index contributed by atoms with van der Waals surface area (Å²) in [5, 5.41) is 8.08. The van der Waals surface area contributed by atoms with Crippen LogP contribution in [0.4, 0.5) is 4.39 Å². The first-order valence-corrected chi connectivity index (χ1v) is 6.35. The predicted octanol–water partition coefficient (Wildman–Crippen LogP) is 1.90. The lowest BCUT2D eigenvalue weighted by atomic mass is 10.2. The van der Waals surface area contributed by atoms with E-state index in [1.165, 1.54) is 12.1 Å². The normalized spacial score (nSPS) is 10.8. The van der Waals surface area contributed by atoms with Crippen molar-refractivity contribution in [2.75, 3.05) is 6.54 Å². The molecule has 1 aromatic heterocycles. The molecule has 0 aliphatic carbocycles. The third-order valence-electron chi connectivity index (χ3n) is 2.33. The minimum Gasteiger partial charge on any atom is -0.330 e. The number of aryl methyl sites for hydroxylation is 1. The van der Waals surface area contributed by atoms with E-state index in [1.54, 1.807) is 10.7 Å². The zero-order valence-electron chi connectivity index (χ0n) is 9.11. The zero-order chi connectivity index (χ0) is 12.3. The van der Waals surface area contributed by atoms with E-state index >= 15 is 0 Å². The average molecular weight is 346 g/mol. The number of nitrogens with zero attached hydrogens (tertiary/aromatic N) is 3. The van der Waals surface area contributed by atoms with Crippen molar-refractivity contribution in [3.05, 3.63) is 39.5 Å². The van der Waals surface area contributed by atoms with Gasteiger partial charge in [0, 0.05) is 3.57 Å². The van der Waals surface area contributed by atoms with Gasteiger partial charge in [-0.15, -0.1) is 5.10 Å². The molecule has 17 heavy (non-hydrogen) atoms. The topological polar surface area (TPSA) is 56.7 Å². The van der Waals surface area contributed by atoms with Crippen molar-refractivity contribution in [1.82, 2.24) is 15.0 Å². The molecule has 2 N–H and O–H groups in total. The Hall–Kier alpha value is -1.02. The monoisotopic (exact) mass is 346 g/mol. The van der Waals surface area contributed by atoms with Crippen LogP contribution in [0.3, 0.4) is 0 Å². The highest BCUT2D eigenvalue weighted by Crippen LogP contribution is 2.17. The molecule has 0 spiro atoms. The third kappa shape index (κ3) is 3.01. The lowest BCUT2D eigenvalue weighted by Crippen LogP contribution is -2.00. The van der Waals surface area contributed by atoms with Crippen LogP contribution in [0, 0.1) is 9.39 Å². The van der Waals surface area contributed by atoms with Crippen LogP contribution < -0.4 is 5.73 Å². The molecule has 0 amide bonds. The molecule has 0 radical (unpaired) electrons. The van der Waals surface area contributed by atoms with E-state index in [0.717, 1.165) is 27.8 Å². The molecule has 6 heteroatoms. The lowest BCUT2D eigenvalue weighted by molar-refractivity contribution is 0.625. The number of rotatable bonds is 4. The first-order chi connectivity index (χ1) is 8.20. The van der Waals surface area contributed by atoms with Gasteiger partial charge in [0.15, 0.2) is 0 Å². The number of nitrogens with two attached hydrogens (primary N) is 1. The summed E-state index contributed by atoms with van der Waals surface area (Å²) in [5.74, 6) is -0.248. The maximum atomic E-state index is 13.0. The van der Waals surface area contributed by atoms with Crippen LogP contribution in [0.5, 0.6) is 0 Å².